The van der Waals surface area contributed by atoms with E-state index in [0.717, 1.165) is 51.2 Å². The topological polar surface area (TPSA) is 43.2 Å². The van der Waals surface area contributed by atoms with E-state index in [0.29, 0.717) is 5.92 Å². The van der Waals surface area contributed by atoms with Crippen LogP contribution in [0.4, 0.5) is 5.69 Å². The molecular weight excluding hydrogens is 576 g/mol. The van der Waals surface area contributed by atoms with E-state index < -0.39 is 0 Å². The second-order valence-corrected chi connectivity index (χ2v) is 13.7. The van der Waals surface area contributed by atoms with Crippen molar-refractivity contribution in [3.63, 3.8) is 0 Å². The van der Waals surface area contributed by atoms with Crippen molar-refractivity contribution in [2.75, 3.05) is 4.90 Å². The largest absolute Gasteiger partial charge is 0.483 e. The average molecular weight is 611 g/mol. The zero-order valence-corrected chi connectivity index (χ0v) is 26.4. The summed E-state index contributed by atoms with van der Waals surface area (Å²) in [7, 11) is 0. The molecule has 0 bridgehead atoms. The maximum Gasteiger partial charge on any atom is 0.149 e. The second-order valence-electron chi connectivity index (χ2n) is 13.7. The maximum absolute atomic E-state index is 6.91. The molecule has 10 rings (SSSR count). The highest BCUT2D eigenvalue weighted by atomic mass is 16.5. The Hall–Kier alpha value is -5.42. The van der Waals surface area contributed by atoms with Gasteiger partial charge in [-0.15, -0.1) is 0 Å². The number of pyridine rings is 2. The van der Waals surface area contributed by atoms with Crippen molar-refractivity contribution in [1.82, 2.24) is 14.5 Å². The smallest absolute Gasteiger partial charge is 0.149 e. The molecule has 2 aromatic carbocycles. The van der Waals surface area contributed by atoms with Crippen LogP contribution in [0.25, 0.3) is 33.2 Å². The number of allylic oxidation sites excluding steroid dienone is 6. The minimum Gasteiger partial charge on any atom is -0.483 e. The zero-order valence-electron chi connectivity index (χ0n) is 26.4. The molecule has 0 saturated heterocycles. The molecule has 0 N–H and O–H groups in total. The molecule has 0 spiro atoms. The van der Waals surface area contributed by atoms with Crippen molar-refractivity contribution < 1.29 is 4.74 Å². The summed E-state index contributed by atoms with van der Waals surface area (Å²) in [4.78, 5) is 12.3. The van der Waals surface area contributed by atoms with Gasteiger partial charge in [0.05, 0.1) is 39.2 Å². The van der Waals surface area contributed by atoms with Gasteiger partial charge in [-0.1, -0.05) is 67.6 Å². The third kappa shape index (κ3) is 3.77. The summed E-state index contributed by atoms with van der Waals surface area (Å²) >= 11 is 0. The van der Waals surface area contributed by atoms with Gasteiger partial charge in [-0.3, -0.25) is 9.97 Å². The van der Waals surface area contributed by atoms with Gasteiger partial charge < -0.3 is 14.2 Å². The van der Waals surface area contributed by atoms with E-state index in [9.17, 15) is 0 Å². The summed E-state index contributed by atoms with van der Waals surface area (Å²) in [5.41, 5.74) is 11.4. The molecule has 5 aromatic rings. The van der Waals surface area contributed by atoms with Gasteiger partial charge in [-0.25, -0.2) is 0 Å². The lowest BCUT2D eigenvalue weighted by atomic mass is 9.78. The molecule has 0 radical (unpaired) electrons. The van der Waals surface area contributed by atoms with Crippen LogP contribution in [0.1, 0.15) is 37.4 Å². The molecular formula is C42H34N4O. The molecule has 5 aliphatic rings. The molecule has 0 amide bonds. The van der Waals surface area contributed by atoms with Crippen molar-refractivity contribution in [2.45, 2.75) is 37.8 Å². The number of para-hydroxylation sites is 1. The Kier molecular flexibility index (Phi) is 5.58. The molecule has 5 nitrogen and oxygen atoms in total. The van der Waals surface area contributed by atoms with Crippen LogP contribution in [-0.2, 0) is 4.74 Å². The van der Waals surface area contributed by atoms with Gasteiger partial charge in [0.2, 0.25) is 0 Å². The van der Waals surface area contributed by atoms with Crippen LogP contribution in [-0.4, -0.2) is 26.2 Å². The quantitative estimate of drug-likeness (QED) is 0.204. The van der Waals surface area contributed by atoms with Gasteiger partial charge in [0.25, 0.3) is 0 Å². The Morgan fingerprint density at radius 1 is 0.894 bits per heavy atom. The number of hydrogen-bond acceptors (Lipinski definition) is 4. The number of fused-ring (bicyclic) bond motifs is 8. The molecule has 228 valence electrons. The highest BCUT2D eigenvalue weighted by Crippen LogP contribution is 2.55. The summed E-state index contributed by atoms with van der Waals surface area (Å²) in [5.74, 6) is 1.84. The molecule has 0 fully saturated rings. The monoisotopic (exact) mass is 610 g/mol. The Balaban J connectivity index is 1.18. The van der Waals surface area contributed by atoms with E-state index in [2.05, 4.69) is 139 Å². The van der Waals surface area contributed by atoms with Crippen molar-refractivity contribution in [1.29, 1.82) is 0 Å². The Labute approximate surface area is 274 Å². The third-order valence-corrected chi connectivity index (χ3v) is 10.8. The number of nitrogens with zero attached hydrogens (tertiary/aromatic N) is 4. The summed E-state index contributed by atoms with van der Waals surface area (Å²) in [6, 6.07) is 25.9. The van der Waals surface area contributed by atoms with E-state index >= 15 is 0 Å². The fraction of sp³-hybridized carbons (Fsp3) is 0.190. The second kappa shape index (κ2) is 9.79. The lowest BCUT2D eigenvalue weighted by molar-refractivity contribution is 0.157. The first-order chi connectivity index (χ1) is 23.1. The van der Waals surface area contributed by atoms with Gasteiger partial charge in [-0.2, -0.15) is 0 Å². The summed E-state index contributed by atoms with van der Waals surface area (Å²) in [5, 5.41) is 1.15. The summed E-state index contributed by atoms with van der Waals surface area (Å²) in [6.45, 7) is 4.64. The van der Waals surface area contributed by atoms with Crippen LogP contribution in [0, 0.1) is 11.8 Å². The number of anilines is 1. The highest BCUT2D eigenvalue weighted by molar-refractivity contribution is 6.08. The minimum atomic E-state index is -0.295. The van der Waals surface area contributed by atoms with E-state index in [1.807, 2.05) is 18.5 Å². The standard InChI is InChI=1S/C42H34N4O/c1-26-15-18-38-30(22-26)31-24-28(25-37(41(31)47-38)46-36-14-9-21-44-40(36)33-12-6-7-19-42(33,46)2)27-16-17-34-32(23-27)39-35(13-8-20-43-39)45(34)29-10-4-3-5-11-29/h3-21,23-26,31,33,41H,22H2,1-2H3. The first-order valence-corrected chi connectivity index (χ1v) is 16.7. The predicted octanol–water partition coefficient (Wildman–Crippen LogP) is 9.21. The van der Waals surface area contributed by atoms with E-state index in [4.69, 9.17) is 14.7 Å². The van der Waals surface area contributed by atoms with Gasteiger partial charge in [0.15, 0.2) is 0 Å². The fourth-order valence-corrected chi connectivity index (χ4v) is 8.66. The fourth-order valence-electron chi connectivity index (χ4n) is 8.66. The number of ether oxygens (including phenoxy) is 1. The van der Waals surface area contributed by atoms with Crippen LogP contribution in [0.3, 0.4) is 0 Å². The SMILES string of the molecule is CC1C=CC2=C(C1)C1C=C(c3ccc4c(c3)c3ncccc3n4-c3ccccc3)C=C(N3c4cccnc4C4C=CC=CC43C)C1O2. The highest BCUT2D eigenvalue weighted by Gasteiger charge is 2.52. The van der Waals surface area contributed by atoms with Gasteiger partial charge >= 0.3 is 0 Å². The average Bonchev–Trinajstić information content (AvgIpc) is 3.73. The zero-order chi connectivity index (χ0) is 31.3. The van der Waals surface area contributed by atoms with Crippen LogP contribution in [0.2, 0.25) is 0 Å². The molecule has 47 heavy (non-hydrogen) atoms. The Morgan fingerprint density at radius 3 is 2.68 bits per heavy atom. The Bertz CT molecular complexity index is 2320. The van der Waals surface area contributed by atoms with E-state index in [1.54, 1.807) is 0 Å². The molecule has 5 heterocycles. The molecule has 5 unspecified atom stereocenters. The lowest BCUT2D eigenvalue weighted by Gasteiger charge is -2.43. The molecule has 5 atom stereocenters. The van der Waals surface area contributed by atoms with Crippen molar-refractivity contribution in [3.8, 4) is 5.69 Å². The van der Waals surface area contributed by atoms with Crippen LogP contribution in [0.15, 0.2) is 151 Å². The van der Waals surface area contributed by atoms with E-state index in [1.165, 1.54) is 22.4 Å². The Morgan fingerprint density at radius 2 is 1.77 bits per heavy atom. The van der Waals surface area contributed by atoms with Gasteiger partial charge in [0.1, 0.15) is 11.9 Å². The van der Waals surface area contributed by atoms with Gasteiger partial charge in [-0.05, 0) is 96.7 Å². The van der Waals surface area contributed by atoms with Crippen LogP contribution >= 0.6 is 0 Å². The predicted molar refractivity (Wildman–Crippen MR) is 189 cm³/mol. The van der Waals surface area contributed by atoms with Crippen LogP contribution < -0.4 is 4.90 Å². The molecule has 5 heteroatoms. The maximum atomic E-state index is 6.91. The van der Waals surface area contributed by atoms with E-state index in [-0.39, 0.29) is 23.5 Å². The normalized spacial score (nSPS) is 27.0. The molecule has 2 aliphatic heterocycles. The van der Waals surface area contributed by atoms with Crippen LogP contribution in [0.5, 0.6) is 0 Å². The lowest BCUT2D eigenvalue weighted by Crippen LogP contribution is -2.48. The molecule has 3 aromatic heterocycles. The summed E-state index contributed by atoms with van der Waals surface area (Å²) < 4.78 is 9.23. The molecule has 3 aliphatic carbocycles. The first kappa shape index (κ1) is 26.8. The number of rotatable bonds is 3. The summed E-state index contributed by atoms with van der Waals surface area (Å²) in [6.07, 6.45) is 23.0. The number of aromatic nitrogens is 3. The van der Waals surface area contributed by atoms with Crippen molar-refractivity contribution in [2.24, 2.45) is 11.8 Å². The van der Waals surface area contributed by atoms with Crippen molar-refractivity contribution >= 4 is 33.2 Å². The third-order valence-electron chi connectivity index (χ3n) is 10.8. The first-order valence-electron chi connectivity index (χ1n) is 16.7. The molecule has 0 saturated carbocycles. The minimum absolute atomic E-state index is 0.105. The van der Waals surface area contributed by atoms with Gasteiger partial charge in [0, 0.05) is 35.3 Å². The number of benzene rings is 2. The van der Waals surface area contributed by atoms with Crippen molar-refractivity contribution in [3.05, 3.63) is 162 Å². The number of hydrogen-bond donors (Lipinski definition) is 0.